The zero-order valence-electron chi connectivity index (χ0n) is 10.2. The van der Waals surface area contributed by atoms with Crippen LogP contribution in [0.1, 0.15) is 15.9 Å². The van der Waals surface area contributed by atoms with E-state index in [1.54, 1.807) is 19.1 Å². The van der Waals surface area contributed by atoms with Gasteiger partial charge in [-0.05, 0) is 30.7 Å². The number of aromatic carboxylic acids is 1. The lowest BCUT2D eigenvalue weighted by atomic mass is 10.1. The number of nitrogens with one attached hydrogen (secondary N) is 2. The number of aryl methyl sites for hydroxylation is 1. The molecule has 0 radical (unpaired) electrons. The van der Waals surface area contributed by atoms with Gasteiger partial charge in [0, 0.05) is 18.8 Å². The number of carbonyl (C=O) groups is 1. The fraction of sp³-hybridized carbons (Fsp3) is 0.364. The van der Waals surface area contributed by atoms with E-state index in [0.29, 0.717) is 12.1 Å². The van der Waals surface area contributed by atoms with Gasteiger partial charge < -0.3 is 10.4 Å². The Morgan fingerprint density at radius 2 is 2.00 bits per heavy atom. The normalized spacial score (nSPS) is 11.2. The smallest absolute Gasteiger partial charge is 0.335 e. The predicted molar refractivity (Wildman–Crippen MR) is 69.5 cm³/mol. The Morgan fingerprint density at radius 3 is 2.50 bits per heavy atom. The highest BCUT2D eigenvalue weighted by Gasteiger charge is 2.06. The van der Waals surface area contributed by atoms with Gasteiger partial charge in [0.1, 0.15) is 0 Å². The third-order valence-electron chi connectivity index (χ3n) is 2.28. The second-order valence-corrected chi connectivity index (χ2v) is 5.76. The van der Waals surface area contributed by atoms with E-state index in [0.717, 1.165) is 11.9 Å². The van der Waals surface area contributed by atoms with E-state index in [4.69, 9.17) is 5.11 Å². The number of anilines is 1. The van der Waals surface area contributed by atoms with Crippen LogP contribution in [0.25, 0.3) is 0 Å². The fourth-order valence-corrected chi connectivity index (χ4v) is 1.93. The van der Waals surface area contributed by atoms with Crippen molar-refractivity contribution in [2.24, 2.45) is 0 Å². The van der Waals surface area contributed by atoms with Gasteiger partial charge in [-0.2, -0.15) is 0 Å². The maximum absolute atomic E-state index is 10.8. The Labute approximate surface area is 106 Å². The molecule has 1 rings (SSSR count). The Kier molecular flexibility index (Phi) is 4.69. The molecule has 0 atom stereocenters. The summed E-state index contributed by atoms with van der Waals surface area (Å²) in [5.74, 6) is -0.960. The Balaban J connectivity index is 2.54. The molecule has 1 aromatic carbocycles. The van der Waals surface area contributed by atoms with E-state index < -0.39 is 16.0 Å². The van der Waals surface area contributed by atoms with Gasteiger partial charge in [0.15, 0.2) is 0 Å². The summed E-state index contributed by atoms with van der Waals surface area (Å²) >= 11 is 0. The fourth-order valence-electron chi connectivity index (χ4n) is 1.46. The van der Waals surface area contributed by atoms with Crippen molar-refractivity contribution >= 4 is 21.7 Å². The van der Waals surface area contributed by atoms with Crippen LogP contribution in [-0.4, -0.2) is 38.8 Å². The molecule has 18 heavy (non-hydrogen) atoms. The van der Waals surface area contributed by atoms with Crippen LogP contribution in [-0.2, 0) is 10.0 Å². The first-order valence-corrected chi connectivity index (χ1v) is 7.21. The summed E-state index contributed by atoms with van der Waals surface area (Å²) in [6.45, 7) is 2.42. The number of benzene rings is 1. The van der Waals surface area contributed by atoms with Crippen LogP contribution < -0.4 is 10.0 Å². The standard InChI is InChI=1S/C11H16N2O4S/c1-8-7-9(3-4-10(8)11(14)15)12-5-6-13-18(2,16)17/h3-4,7,12-13H,5-6H2,1-2H3,(H,14,15). The topological polar surface area (TPSA) is 95.5 Å². The first-order valence-electron chi connectivity index (χ1n) is 5.32. The largest absolute Gasteiger partial charge is 0.478 e. The summed E-state index contributed by atoms with van der Waals surface area (Å²) in [6.07, 6.45) is 1.10. The molecular formula is C11H16N2O4S. The minimum Gasteiger partial charge on any atom is -0.478 e. The first kappa shape index (κ1) is 14.5. The molecule has 0 aliphatic heterocycles. The molecular weight excluding hydrogens is 256 g/mol. The molecule has 0 bridgehead atoms. The molecule has 7 heteroatoms. The van der Waals surface area contributed by atoms with Crippen molar-refractivity contribution in [1.29, 1.82) is 0 Å². The van der Waals surface area contributed by atoms with Crippen molar-refractivity contribution < 1.29 is 18.3 Å². The van der Waals surface area contributed by atoms with Gasteiger partial charge in [0.25, 0.3) is 0 Å². The van der Waals surface area contributed by atoms with Gasteiger partial charge in [-0.15, -0.1) is 0 Å². The number of hydrogen-bond donors (Lipinski definition) is 3. The molecule has 100 valence electrons. The number of carboxylic acids is 1. The Bertz CT molecular complexity index is 540. The molecule has 0 fully saturated rings. The second-order valence-electron chi connectivity index (χ2n) is 3.93. The molecule has 1 aromatic rings. The van der Waals surface area contributed by atoms with Crippen molar-refractivity contribution in [1.82, 2.24) is 4.72 Å². The van der Waals surface area contributed by atoms with Gasteiger partial charge in [0.05, 0.1) is 11.8 Å². The molecule has 0 unspecified atom stereocenters. The molecule has 0 heterocycles. The summed E-state index contributed by atoms with van der Waals surface area (Å²) < 4.78 is 24.0. The zero-order valence-corrected chi connectivity index (χ0v) is 11.0. The van der Waals surface area contributed by atoms with Gasteiger partial charge in [-0.3, -0.25) is 0 Å². The van der Waals surface area contributed by atoms with E-state index in [9.17, 15) is 13.2 Å². The number of rotatable bonds is 6. The third-order valence-corrected chi connectivity index (χ3v) is 3.00. The minimum atomic E-state index is -3.17. The van der Waals surface area contributed by atoms with Gasteiger partial charge in [-0.25, -0.2) is 17.9 Å². The van der Waals surface area contributed by atoms with Gasteiger partial charge in [-0.1, -0.05) is 0 Å². The van der Waals surface area contributed by atoms with Gasteiger partial charge >= 0.3 is 5.97 Å². The SMILES string of the molecule is Cc1cc(NCCNS(C)(=O)=O)ccc1C(=O)O. The summed E-state index contributed by atoms with van der Waals surface area (Å²) in [7, 11) is -3.17. The average Bonchev–Trinajstić information content (AvgIpc) is 2.22. The number of hydrogen-bond acceptors (Lipinski definition) is 4. The van der Waals surface area contributed by atoms with Crippen LogP contribution in [0.4, 0.5) is 5.69 Å². The summed E-state index contributed by atoms with van der Waals surface area (Å²) in [5, 5.41) is 11.9. The molecule has 0 amide bonds. The lowest BCUT2D eigenvalue weighted by molar-refractivity contribution is 0.0696. The third kappa shape index (κ3) is 4.72. The van der Waals surface area contributed by atoms with Crippen LogP contribution in [0.5, 0.6) is 0 Å². The molecule has 3 N–H and O–H groups in total. The first-order chi connectivity index (χ1) is 8.29. The molecule has 0 aliphatic carbocycles. The summed E-state index contributed by atoms with van der Waals surface area (Å²) in [5.41, 5.74) is 1.67. The van der Waals surface area contributed by atoms with E-state index in [1.807, 2.05) is 0 Å². The van der Waals surface area contributed by atoms with Crippen LogP contribution in [0.2, 0.25) is 0 Å². The maximum Gasteiger partial charge on any atom is 0.335 e. The monoisotopic (exact) mass is 272 g/mol. The van der Waals surface area contributed by atoms with Crippen molar-refractivity contribution in [3.63, 3.8) is 0 Å². The van der Waals surface area contributed by atoms with Crippen LogP contribution in [0, 0.1) is 6.92 Å². The minimum absolute atomic E-state index is 0.259. The van der Waals surface area contributed by atoms with Crippen LogP contribution >= 0.6 is 0 Å². The number of sulfonamides is 1. The predicted octanol–water partition coefficient (Wildman–Crippen LogP) is 0.654. The van der Waals surface area contributed by atoms with E-state index in [2.05, 4.69) is 10.0 Å². The Hall–Kier alpha value is -1.60. The lowest BCUT2D eigenvalue weighted by Gasteiger charge is -2.09. The van der Waals surface area contributed by atoms with Gasteiger partial charge in [0.2, 0.25) is 10.0 Å². The highest BCUT2D eigenvalue weighted by atomic mass is 32.2. The van der Waals surface area contributed by atoms with Crippen molar-refractivity contribution in [3.05, 3.63) is 29.3 Å². The molecule has 0 saturated heterocycles. The zero-order chi connectivity index (χ0) is 13.8. The average molecular weight is 272 g/mol. The molecule has 6 nitrogen and oxygen atoms in total. The van der Waals surface area contributed by atoms with E-state index in [1.165, 1.54) is 6.07 Å². The van der Waals surface area contributed by atoms with E-state index >= 15 is 0 Å². The van der Waals surface area contributed by atoms with Crippen LogP contribution in [0.15, 0.2) is 18.2 Å². The summed E-state index contributed by atoms with van der Waals surface area (Å²) in [6, 6.07) is 4.88. The number of carboxylic acid groups (broad SMARTS) is 1. The highest BCUT2D eigenvalue weighted by Crippen LogP contribution is 2.14. The van der Waals surface area contributed by atoms with Crippen molar-refractivity contribution in [2.75, 3.05) is 24.7 Å². The second kappa shape index (κ2) is 5.83. The molecule has 0 saturated carbocycles. The van der Waals surface area contributed by atoms with E-state index in [-0.39, 0.29) is 12.1 Å². The lowest BCUT2D eigenvalue weighted by Crippen LogP contribution is -2.27. The van der Waals surface area contributed by atoms with Crippen molar-refractivity contribution in [3.8, 4) is 0 Å². The van der Waals surface area contributed by atoms with Crippen LogP contribution in [0.3, 0.4) is 0 Å². The molecule has 0 aromatic heterocycles. The highest BCUT2D eigenvalue weighted by molar-refractivity contribution is 7.88. The molecule has 0 spiro atoms. The summed E-state index contributed by atoms with van der Waals surface area (Å²) in [4.78, 5) is 10.8. The molecule has 0 aliphatic rings. The quantitative estimate of drug-likeness (QED) is 0.661. The Morgan fingerprint density at radius 1 is 1.33 bits per heavy atom. The maximum atomic E-state index is 10.8. The van der Waals surface area contributed by atoms with Crippen molar-refractivity contribution in [2.45, 2.75) is 6.92 Å².